The normalized spacial score (nSPS) is 13.9. The Bertz CT molecular complexity index is 1110. The van der Waals surface area contributed by atoms with Crippen molar-refractivity contribution in [2.75, 3.05) is 26.2 Å². The van der Waals surface area contributed by atoms with Crippen LogP contribution < -0.4 is 10.1 Å². The lowest BCUT2D eigenvalue weighted by molar-refractivity contribution is -0.121. The van der Waals surface area contributed by atoms with Crippen molar-refractivity contribution in [3.05, 3.63) is 71.4 Å². The van der Waals surface area contributed by atoms with Gasteiger partial charge in [0.1, 0.15) is 5.82 Å². The standard InChI is InChI=1S/C26H30F2N4O2/c1-2-23-21(11-13-25(33)29-14-17-31-15-6-7-16-31)26(32(30-23)20-8-4-3-5-9-20)34-24-12-10-19(27)18-22(24)28/h3-5,8-10,12,18H,2,6-7,11,13-17H2,1H3,(H,29,33). The van der Waals surface area contributed by atoms with Gasteiger partial charge in [-0.2, -0.15) is 5.10 Å². The molecule has 1 saturated heterocycles. The van der Waals surface area contributed by atoms with Crippen LogP contribution >= 0.6 is 0 Å². The van der Waals surface area contributed by atoms with Gasteiger partial charge in [0.15, 0.2) is 11.6 Å². The number of nitrogens with one attached hydrogen (secondary N) is 1. The van der Waals surface area contributed by atoms with E-state index >= 15 is 0 Å². The van der Waals surface area contributed by atoms with E-state index in [2.05, 4.69) is 10.2 Å². The van der Waals surface area contributed by atoms with Gasteiger partial charge in [0.2, 0.25) is 11.8 Å². The first kappa shape index (κ1) is 23.9. The molecule has 3 aromatic rings. The molecule has 4 rings (SSSR count). The van der Waals surface area contributed by atoms with Crippen LogP contribution in [0, 0.1) is 11.6 Å². The molecular formula is C26H30F2N4O2. The maximum absolute atomic E-state index is 14.4. The Labute approximate surface area is 198 Å². The molecule has 180 valence electrons. The van der Waals surface area contributed by atoms with Gasteiger partial charge in [-0.3, -0.25) is 4.79 Å². The van der Waals surface area contributed by atoms with Gasteiger partial charge in [0, 0.05) is 31.1 Å². The van der Waals surface area contributed by atoms with Crippen molar-refractivity contribution < 1.29 is 18.3 Å². The monoisotopic (exact) mass is 468 g/mol. The van der Waals surface area contributed by atoms with Gasteiger partial charge in [0.05, 0.1) is 11.4 Å². The number of halogens is 2. The molecule has 8 heteroatoms. The first-order chi connectivity index (χ1) is 16.5. The van der Waals surface area contributed by atoms with E-state index < -0.39 is 11.6 Å². The van der Waals surface area contributed by atoms with Gasteiger partial charge in [-0.1, -0.05) is 25.1 Å². The van der Waals surface area contributed by atoms with Crippen LogP contribution in [0.1, 0.15) is 37.4 Å². The highest BCUT2D eigenvalue weighted by atomic mass is 19.1. The Kier molecular flexibility index (Phi) is 7.90. The van der Waals surface area contributed by atoms with Crippen LogP contribution in [-0.2, 0) is 17.6 Å². The van der Waals surface area contributed by atoms with Crippen molar-refractivity contribution in [2.24, 2.45) is 0 Å². The van der Waals surface area contributed by atoms with Crippen LogP contribution in [0.2, 0.25) is 0 Å². The first-order valence-corrected chi connectivity index (χ1v) is 11.8. The van der Waals surface area contributed by atoms with Gasteiger partial charge in [-0.15, -0.1) is 0 Å². The number of carbonyl (C=O) groups excluding carboxylic acids is 1. The molecule has 1 fully saturated rings. The van der Waals surface area contributed by atoms with Crippen molar-refractivity contribution in [2.45, 2.75) is 39.0 Å². The minimum absolute atomic E-state index is 0.0485. The summed E-state index contributed by atoms with van der Waals surface area (Å²) in [5.74, 6) is -1.30. The smallest absolute Gasteiger partial charge is 0.226 e. The summed E-state index contributed by atoms with van der Waals surface area (Å²) in [6.07, 6.45) is 3.71. The van der Waals surface area contributed by atoms with E-state index in [-0.39, 0.29) is 18.1 Å². The minimum Gasteiger partial charge on any atom is -0.436 e. The Balaban J connectivity index is 1.54. The predicted molar refractivity (Wildman–Crippen MR) is 126 cm³/mol. The molecule has 0 spiro atoms. The van der Waals surface area contributed by atoms with E-state index in [0.717, 1.165) is 48.7 Å². The van der Waals surface area contributed by atoms with Gasteiger partial charge in [0.25, 0.3) is 0 Å². The zero-order chi connectivity index (χ0) is 23.9. The number of amides is 1. The summed E-state index contributed by atoms with van der Waals surface area (Å²) >= 11 is 0. The number of likely N-dealkylation sites (tertiary alicyclic amines) is 1. The minimum atomic E-state index is -0.801. The molecule has 1 aliphatic rings. The summed E-state index contributed by atoms with van der Waals surface area (Å²) < 4.78 is 35.4. The molecule has 34 heavy (non-hydrogen) atoms. The quantitative estimate of drug-likeness (QED) is 0.471. The van der Waals surface area contributed by atoms with Crippen LogP contribution in [0.4, 0.5) is 8.78 Å². The second kappa shape index (κ2) is 11.2. The number of carbonyl (C=O) groups is 1. The molecule has 1 aliphatic heterocycles. The first-order valence-electron chi connectivity index (χ1n) is 11.8. The number of ether oxygens (including phenoxy) is 1. The van der Waals surface area contributed by atoms with E-state index in [1.807, 2.05) is 37.3 Å². The fourth-order valence-corrected chi connectivity index (χ4v) is 4.21. The lowest BCUT2D eigenvalue weighted by Gasteiger charge is -2.15. The van der Waals surface area contributed by atoms with Crippen LogP contribution in [0.15, 0.2) is 48.5 Å². The molecule has 6 nitrogen and oxygen atoms in total. The predicted octanol–water partition coefficient (Wildman–Crippen LogP) is 4.65. The fourth-order valence-electron chi connectivity index (χ4n) is 4.21. The van der Waals surface area contributed by atoms with Crippen LogP contribution in [-0.4, -0.2) is 46.8 Å². The molecule has 0 radical (unpaired) electrons. The van der Waals surface area contributed by atoms with Crippen LogP contribution in [0.25, 0.3) is 5.69 Å². The number of aromatic nitrogens is 2. The summed E-state index contributed by atoms with van der Waals surface area (Å²) in [6.45, 7) is 5.63. The molecule has 0 atom stereocenters. The highest BCUT2D eigenvalue weighted by molar-refractivity contribution is 5.76. The SMILES string of the molecule is CCc1nn(-c2ccccc2)c(Oc2ccc(F)cc2F)c1CCC(=O)NCCN1CCCC1. The maximum Gasteiger partial charge on any atom is 0.226 e. The van der Waals surface area contributed by atoms with Gasteiger partial charge >= 0.3 is 0 Å². The third-order valence-corrected chi connectivity index (χ3v) is 6.01. The second-order valence-electron chi connectivity index (χ2n) is 8.41. The van der Waals surface area contributed by atoms with E-state index in [0.29, 0.717) is 25.3 Å². The lowest BCUT2D eigenvalue weighted by Crippen LogP contribution is -2.33. The average Bonchev–Trinajstić information content (AvgIpc) is 3.48. The Morgan fingerprint density at radius 3 is 2.59 bits per heavy atom. The maximum atomic E-state index is 14.4. The summed E-state index contributed by atoms with van der Waals surface area (Å²) in [5, 5.41) is 7.68. The summed E-state index contributed by atoms with van der Waals surface area (Å²) in [4.78, 5) is 14.9. The molecule has 1 N–H and O–H groups in total. The number of hydrogen-bond donors (Lipinski definition) is 1. The number of rotatable bonds is 10. The molecule has 2 heterocycles. The average molecular weight is 469 g/mol. The Morgan fingerprint density at radius 1 is 1.12 bits per heavy atom. The molecule has 1 amide bonds. The molecule has 0 aliphatic carbocycles. The molecule has 0 saturated carbocycles. The Morgan fingerprint density at radius 2 is 1.88 bits per heavy atom. The Hall–Kier alpha value is -3.26. The second-order valence-corrected chi connectivity index (χ2v) is 8.41. The zero-order valence-electron chi connectivity index (χ0n) is 19.4. The summed E-state index contributed by atoms with van der Waals surface area (Å²) in [6, 6.07) is 12.6. The fraction of sp³-hybridized carbons (Fsp3) is 0.385. The lowest BCUT2D eigenvalue weighted by atomic mass is 10.1. The number of benzene rings is 2. The van der Waals surface area contributed by atoms with Crippen molar-refractivity contribution in [1.82, 2.24) is 20.0 Å². The number of aryl methyl sites for hydroxylation is 1. The topological polar surface area (TPSA) is 59.4 Å². The molecule has 0 unspecified atom stereocenters. The molecule has 1 aromatic heterocycles. The van der Waals surface area contributed by atoms with Crippen LogP contribution in [0.3, 0.4) is 0 Å². The molecular weight excluding hydrogens is 438 g/mol. The number of hydrogen-bond acceptors (Lipinski definition) is 4. The number of para-hydroxylation sites is 1. The number of nitrogens with zero attached hydrogens (tertiary/aromatic N) is 3. The molecule has 2 aromatic carbocycles. The third-order valence-electron chi connectivity index (χ3n) is 6.01. The van der Waals surface area contributed by atoms with Crippen molar-refractivity contribution in [3.63, 3.8) is 0 Å². The zero-order valence-corrected chi connectivity index (χ0v) is 19.4. The van der Waals surface area contributed by atoms with Crippen molar-refractivity contribution >= 4 is 5.91 Å². The summed E-state index contributed by atoms with van der Waals surface area (Å²) in [7, 11) is 0. The van der Waals surface area contributed by atoms with Crippen molar-refractivity contribution in [3.8, 4) is 17.3 Å². The van der Waals surface area contributed by atoms with E-state index in [1.165, 1.54) is 18.9 Å². The third kappa shape index (κ3) is 5.80. The largest absolute Gasteiger partial charge is 0.436 e. The van der Waals surface area contributed by atoms with Crippen LogP contribution in [0.5, 0.6) is 11.6 Å². The summed E-state index contributed by atoms with van der Waals surface area (Å²) in [5.41, 5.74) is 2.26. The van der Waals surface area contributed by atoms with Gasteiger partial charge in [-0.05, 0) is 63.0 Å². The molecule has 0 bridgehead atoms. The van der Waals surface area contributed by atoms with Crippen molar-refractivity contribution in [1.29, 1.82) is 0 Å². The highest BCUT2D eigenvalue weighted by Crippen LogP contribution is 2.33. The highest BCUT2D eigenvalue weighted by Gasteiger charge is 2.22. The van der Waals surface area contributed by atoms with E-state index in [1.54, 1.807) is 4.68 Å². The van der Waals surface area contributed by atoms with E-state index in [4.69, 9.17) is 9.84 Å². The van der Waals surface area contributed by atoms with Gasteiger partial charge < -0.3 is 15.0 Å². The van der Waals surface area contributed by atoms with E-state index in [9.17, 15) is 13.6 Å². The van der Waals surface area contributed by atoms with Gasteiger partial charge in [-0.25, -0.2) is 13.5 Å².